The smallest absolute Gasteiger partial charge is 0.393 e. The summed E-state index contributed by atoms with van der Waals surface area (Å²) in [7, 11) is 4.00. The van der Waals surface area contributed by atoms with E-state index in [4.69, 9.17) is 9.47 Å². The molecular weight excluding hydrogens is 263 g/mol. The number of benzene rings is 1. The maximum Gasteiger partial charge on any atom is 0.393 e. The topological polar surface area (TPSA) is 47.6 Å². The van der Waals surface area contributed by atoms with Crippen LogP contribution in [0.25, 0.3) is 0 Å². The molecule has 7 heteroatoms. The minimum Gasteiger partial charge on any atom is -0.493 e. The Labute approximate surface area is 108 Å². The van der Waals surface area contributed by atoms with Crippen molar-refractivity contribution in [2.24, 2.45) is 0 Å². The van der Waals surface area contributed by atoms with Gasteiger partial charge in [-0.25, -0.2) is 0 Å². The van der Waals surface area contributed by atoms with E-state index in [1.807, 2.05) is 0 Å². The Morgan fingerprint density at radius 2 is 1.74 bits per heavy atom. The monoisotopic (exact) mass is 277 g/mol. The molecule has 106 valence electrons. The van der Waals surface area contributed by atoms with Crippen LogP contribution in [0.3, 0.4) is 0 Å². The molecule has 0 aliphatic heterocycles. The highest BCUT2D eigenvalue weighted by Crippen LogP contribution is 2.33. The molecule has 0 atom stereocenters. The quantitative estimate of drug-likeness (QED) is 0.917. The van der Waals surface area contributed by atoms with Crippen LogP contribution in [0.15, 0.2) is 12.1 Å². The first kappa shape index (κ1) is 15.1. The van der Waals surface area contributed by atoms with Crippen LogP contribution < -0.4 is 14.8 Å². The summed E-state index contributed by atoms with van der Waals surface area (Å²) in [5, 5.41) is 2.29. The van der Waals surface area contributed by atoms with Gasteiger partial charge in [0, 0.05) is 12.6 Å². The third-order valence-corrected chi connectivity index (χ3v) is 2.47. The number of carbonyl (C=O) groups excluding carboxylic acids is 1. The van der Waals surface area contributed by atoms with Crippen LogP contribution in [-0.2, 0) is 6.42 Å². The van der Waals surface area contributed by atoms with Crippen LogP contribution in [0, 0.1) is 0 Å². The first-order valence-corrected chi connectivity index (χ1v) is 5.36. The molecule has 0 spiro atoms. The number of ether oxygens (including phenoxy) is 2. The Morgan fingerprint density at radius 3 is 2.16 bits per heavy atom. The average molecular weight is 277 g/mol. The molecule has 0 aliphatic carbocycles. The molecule has 0 aromatic heterocycles. The summed E-state index contributed by atoms with van der Waals surface area (Å²) in [5.74, 6) is -0.262. The van der Waals surface area contributed by atoms with Gasteiger partial charge < -0.3 is 14.8 Å². The number of carbonyl (C=O) groups is 1. The predicted molar refractivity (Wildman–Crippen MR) is 62.7 cm³/mol. The Hall–Kier alpha value is -1.92. The molecule has 1 N–H and O–H groups in total. The lowest BCUT2D eigenvalue weighted by molar-refractivity contribution is -0.127. The number of methoxy groups -OCH3 is 2. The van der Waals surface area contributed by atoms with E-state index in [1.54, 1.807) is 0 Å². The van der Waals surface area contributed by atoms with Gasteiger partial charge in [-0.3, -0.25) is 4.79 Å². The number of halogens is 3. The molecule has 19 heavy (non-hydrogen) atoms. The fourth-order valence-electron chi connectivity index (χ4n) is 1.63. The fraction of sp³-hybridized carbons (Fsp3) is 0.417. The molecular formula is C12H14F3NO3. The van der Waals surface area contributed by atoms with Crippen molar-refractivity contribution in [3.63, 3.8) is 0 Å². The number of nitrogens with one attached hydrogen (secondary N) is 1. The SMILES string of the molecule is CNC(=O)c1cc(OC)c(OC)cc1CC(F)(F)F. The lowest BCUT2D eigenvalue weighted by Crippen LogP contribution is -2.22. The second-order valence-electron chi connectivity index (χ2n) is 3.74. The Kier molecular flexibility index (Phi) is 4.63. The van der Waals surface area contributed by atoms with E-state index < -0.39 is 18.5 Å². The van der Waals surface area contributed by atoms with Gasteiger partial charge in [0.25, 0.3) is 5.91 Å². The first-order valence-electron chi connectivity index (χ1n) is 5.36. The maximum atomic E-state index is 12.5. The summed E-state index contributed by atoms with van der Waals surface area (Å²) in [6.07, 6.45) is -5.63. The van der Waals surface area contributed by atoms with Crippen LogP contribution in [-0.4, -0.2) is 33.4 Å². The summed E-state index contributed by atoms with van der Waals surface area (Å²) < 4.78 is 47.4. The van der Waals surface area contributed by atoms with Gasteiger partial charge in [0.15, 0.2) is 11.5 Å². The van der Waals surface area contributed by atoms with Gasteiger partial charge >= 0.3 is 6.18 Å². The van der Waals surface area contributed by atoms with Gasteiger partial charge in [0.05, 0.1) is 20.6 Å². The van der Waals surface area contributed by atoms with Crippen LogP contribution in [0.4, 0.5) is 13.2 Å². The predicted octanol–water partition coefficient (Wildman–Crippen LogP) is 2.17. The third-order valence-electron chi connectivity index (χ3n) is 2.47. The maximum absolute atomic E-state index is 12.5. The van der Waals surface area contributed by atoms with E-state index >= 15 is 0 Å². The minimum absolute atomic E-state index is 0.0857. The number of amides is 1. The van der Waals surface area contributed by atoms with E-state index in [-0.39, 0.29) is 22.6 Å². The molecule has 0 aliphatic rings. The molecule has 0 radical (unpaired) electrons. The third kappa shape index (κ3) is 3.77. The minimum atomic E-state index is -4.41. The van der Waals surface area contributed by atoms with Crippen molar-refractivity contribution in [1.82, 2.24) is 5.32 Å². The van der Waals surface area contributed by atoms with Gasteiger partial charge in [-0.2, -0.15) is 13.2 Å². The van der Waals surface area contributed by atoms with Gasteiger partial charge in [-0.15, -0.1) is 0 Å². The van der Waals surface area contributed by atoms with Crippen molar-refractivity contribution in [1.29, 1.82) is 0 Å². The van der Waals surface area contributed by atoms with Crippen molar-refractivity contribution >= 4 is 5.91 Å². The molecule has 0 heterocycles. The molecule has 0 bridgehead atoms. The molecule has 1 aromatic carbocycles. The molecule has 4 nitrogen and oxygen atoms in total. The van der Waals surface area contributed by atoms with Gasteiger partial charge in [-0.1, -0.05) is 0 Å². The van der Waals surface area contributed by atoms with Crippen LogP contribution in [0.1, 0.15) is 15.9 Å². The van der Waals surface area contributed by atoms with E-state index in [0.29, 0.717) is 0 Å². The van der Waals surface area contributed by atoms with E-state index in [9.17, 15) is 18.0 Å². The Morgan fingerprint density at radius 1 is 1.21 bits per heavy atom. The van der Waals surface area contributed by atoms with Gasteiger partial charge in [0.1, 0.15) is 0 Å². The second-order valence-corrected chi connectivity index (χ2v) is 3.74. The molecule has 0 fully saturated rings. The number of alkyl halides is 3. The largest absolute Gasteiger partial charge is 0.493 e. The highest BCUT2D eigenvalue weighted by molar-refractivity contribution is 5.96. The summed E-state index contributed by atoms with van der Waals surface area (Å²) in [6.45, 7) is 0. The van der Waals surface area contributed by atoms with Crippen molar-refractivity contribution in [2.45, 2.75) is 12.6 Å². The fourth-order valence-corrected chi connectivity index (χ4v) is 1.63. The van der Waals surface area contributed by atoms with Crippen molar-refractivity contribution in [2.75, 3.05) is 21.3 Å². The Bertz CT molecular complexity index is 472. The summed E-state index contributed by atoms with van der Waals surface area (Å²) in [5.41, 5.74) is -0.248. The summed E-state index contributed by atoms with van der Waals surface area (Å²) >= 11 is 0. The van der Waals surface area contributed by atoms with Crippen LogP contribution in [0.2, 0.25) is 0 Å². The van der Waals surface area contributed by atoms with Crippen LogP contribution >= 0.6 is 0 Å². The zero-order valence-corrected chi connectivity index (χ0v) is 10.7. The van der Waals surface area contributed by atoms with E-state index in [0.717, 1.165) is 6.07 Å². The number of hydrogen-bond donors (Lipinski definition) is 1. The molecule has 0 saturated carbocycles. The molecule has 1 aromatic rings. The lowest BCUT2D eigenvalue weighted by Gasteiger charge is -2.15. The van der Waals surface area contributed by atoms with E-state index in [1.165, 1.54) is 27.3 Å². The molecule has 1 amide bonds. The molecule has 0 unspecified atom stereocenters. The van der Waals surface area contributed by atoms with Crippen molar-refractivity contribution in [3.8, 4) is 11.5 Å². The summed E-state index contributed by atoms with van der Waals surface area (Å²) in [6, 6.07) is 2.40. The highest BCUT2D eigenvalue weighted by atomic mass is 19.4. The zero-order chi connectivity index (χ0) is 14.6. The molecule has 1 rings (SSSR count). The number of hydrogen-bond acceptors (Lipinski definition) is 3. The summed E-state index contributed by atoms with van der Waals surface area (Å²) in [4.78, 5) is 11.6. The standard InChI is InChI=1S/C12H14F3NO3/c1-16-11(17)8-5-10(19-3)9(18-2)4-7(8)6-12(13,14)15/h4-5H,6H2,1-3H3,(H,16,17). The van der Waals surface area contributed by atoms with Crippen molar-refractivity contribution < 1.29 is 27.4 Å². The Balaban J connectivity index is 3.35. The first-order chi connectivity index (χ1) is 8.82. The number of rotatable bonds is 4. The van der Waals surface area contributed by atoms with Gasteiger partial charge in [-0.05, 0) is 17.7 Å². The second kappa shape index (κ2) is 5.81. The zero-order valence-electron chi connectivity index (χ0n) is 10.7. The lowest BCUT2D eigenvalue weighted by atomic mass is 10.0. The van der Waals surface area contributed by atoms with E-state index in [2.05, 4.69) is 5.32 Å². The normalized spacial score (nSPS) is 11.1. The van der Waals surface area contributed by atoms with Crippen LogP contribution in [0.5, 0.6) is 11.5 Å². The molecule has 0 saturated heterocycles. The average Bonchev–Trinajstić information content (AvgIpc) is 2.35. The highest BCUT2D eigenvalue weighted by Gasteiger charge is 2.30. The van der Waals surface area contributed by atoms with Gasteiger partial charge in [0.2, 0.25) is 0 Å². The van der Waals surface area contributed by atoms with Crippen molar-refractivity contribution in [3.05, 3.63) is 23.3 Å².